The third-order valence-electron chi connectivity index (χ3n) is 2.85. The third-order valence-corrected chi connectivity index (χ3v) is 3.44. The first-order valence-corrected chi connectivity index (χ1v) is 6.76. The quantitative estimate of drug-likeness (QED) is 0.907. The molecule has 1 aromatic heterocycles. The molecule has 4 nitrogen and oxygen atoms in total. The van der Waals surface area contributed by atoms with Crippen molar-refractivity contribution in [1.82, 2.24) is 15.5 Å². The molecule has 1 heterocycles. The summed E-state index contributed by atoms with van der Waals surface area (Å²) in [4.78, 5) is 4.35. The minimum absolute atomic E-state index is 0. The maximum atomic E-state index is 6.11. The molecule has 0 saturated carbocycles. The molecule has 1 aromatic carbocycles. The molecule has 20 heavy (non-hydrogen) atoms. The fourth-order valence-electron chi connectivity index (χ4n) is 1.65. The molecule has 1 atom stereocenters. The number of benzene rings is 1. The van der Waals surface area contributed by atoms with E-state index in [1.54, 1.807) is 12.1 Å². The number of rotatable bonds is 5. The van der Waals surface area contributed by atoms with E-state index < -0.39 is 0 Å². The Labute approximate surface area is 134 Å². The van der Waals surface area contributed by atoms with Crippen LogP contribution in [0.15, 0.2) is 22.7 Å². The van der Waals surface area contributed by atoms with Crippen LogP contribution in [-0.2, 0) is 12.8 Å². The Hall–Kier alpha value is -0.810. The maximum absolute atomic E-state index is 6.11. The second-order valence-corrected chi connectivity index (χ2v) is 5.25. The Morgan fingerprint density at radius 2 is 2.10 bits per heavy atom. The van der Waals surface area contributed by atoms with Crippen LogP contribution in [0.25, 0.3) is 0 Å². The Bertz CT molecular complexity index is 560. The van der Waals surface area contributed by atoms with Crippen molar-refractivity contribution in [2.45, 2.75) is 25.8 Å². The van der Waals surface area contributed by atoms with Gasteiger partial charge >= 0.3 is 0 Å². The Morgan fingerprint density at radius 1 is 1.35 bits per heavy atom. The van der Waals surface area contributed by atoms with Crippen molar-refractivity contribution >= 4 is 35.6 Å². The van der Waals surface area contributed by atoms with Crippen LogP contribution in [0.5, 0.6) is 0 Å². The molecule has 1 unspecified atom stereocenters. The molecule has 0 aliphatic heterocycles. The van der Waals surface area contributed by atoms with Crippen molar-refractivity contribution in [2.24, 2.45) is 0 Å². The fraction of sp³-hybridized carbons (Fsp3) is 0.385. The van der Waals surface area contributed by atoms with E-state index in [9.17, 15) is 0 Å². The van der Waals surface area contributed by atoms with E-state index in [0.29, 0.717) is 34.2 Å². The number of nitrogens with one attached hydrogen (secondary N) is 1. The summed E-state index contributed by atoms with van der Waals surface area (Å²) in [5, 5.41) is 8.30. The van der Waals surface area contributed by atoms with Gasteiger partial charge in [-0.25, -0.2) is 0 Å². The summed E-state index contributed by atoms with van der Waals surface area (Å²) in [5.74, 6) is 1.25. The Morgan fingerprint density at radius 3 is 2.75 bits per heavy atom. The lowest BCUT2D eigenvalue weighted by Crippen LogP contribution is -2.24. The van der Waals surface area contributed by atoms with Crippen LogP contribution in [0.2, 0.25) is 10.0 Å². The zero-order valence-corrected chi connectivity index (χ0v) is 13.5. The van der Waals surface area contributed by atoms with Crippen molar-refractivity contribution in [2.75, 3.05) is 7.05 Å². The molecule has 1 N–H and O–H groups in total. The van der Waals surface area contributed by atoms with Gasteiger partial charge in [0.1, 0.15) is 0 Å². The summed E-state index contributed by atoms with van der Waals surface area (Å²) < 4.78 is 5.22. The molecule has 0 saturated heterocycles. The predicted molar refractivity (Wildman–Crippen MR) is 83.0 cm³/mol. The first kappa shape index (κ1) is 17.2. The summed E-state index contributed by atoms with van der Waals surface area (Å²) in [6.45, 7) is 2.06. The van der Waals surface area contributed by atoms with Gasteiger partial charge < -0.3 is 9.84 Å². The molecular weight excluding hydrogens is 321 g/mol. The van der Waals surface area contributed by atoms with Gasteiger partial charge in [-0.1, -0.05) is 34.4 Å². The van der Waals surface area contributed by atoms with Crippen LogP contribution in [0.4, 0.5) is 0 Å². The number of hydrogen-bond acceptors (Lipinski definition) is 4. The highest BCUT2D eigenvalue weighted by atomic mass is 35.5. The number of halogens is 3. The SMILES string of the molecule is CNC(C)Cc1noc(Cc2ccc(Cl)cc2Cl)n1.Cl. The molecule has 0 aliphatic rings. The largest absolute Gasteiger partial charge is 0.339 e. The van der Waals surface area contributed by atoms with Gasteiger partial charge in [-0.15, -0.1) is 12.4 Å². The number of likely N-dealkylation sites (N-methyl/N-ethyl adjacent to an activating group) is 1. The van der Waals surface area contributed by atoms with E-state index >= 15 is 0 Å². The van der Waals surface area contributed by atoms with Crippen LogP contribution < -0.4 is 5.32 Å². The summed E-state index contributed by atoms with van der Waals surface area (Å²) in [6.07, 6.45) is 1.24. The smallest absolute Gasteiger partial charge is 0.231 e. The highest BCUT2D eigenvalue weighted by molar-refractivity contribution is 6.35. The summed E-state index contributed by atoms with van der Waals surface area (Å²) in [7, 11) is 1.90. The lowest BCUT2D eigenvalue weighted by atomic mass is 10.1. The van der Waals surface area contributed by atoms with Crippen molar-refractivity contribution in [3.63, 3.8) is 0 Å². The molecule has 2 aromatic rings. The highest BCUT2D eigenvalue weighted by Gasteiger charge is 2.11. The van der Waals surface area contributed by atoms with Crippen molar-refractivity contribution in [1.29, 1.82) is 0 Å². The lowest BCUT2D eigenvalue weighted by molar-refractivity contribution is 0.377. The van der Waals surface area contributed by atoms with Gasteiger partial charge in [-0.2, -0.15) is 4.98 Å². The number of aromatic nitrogens is 2. The molecule has 2 rings (SSSR count). The number of nitrogens with zero attached hydrogens (tertiary/aromatic N) is 2. The topological polar surface area (TPSA) is 51.0 Å². The Kier molecular flexibility index (Phi) is 6.76. The monoisotopic (exact) mass is 335 g/mol. The molecule has 0 radical (unpaired) electrons. The van der Waals surface area contributed by atoms with Gasteiger partial charge in [0, 0.05) is 22.5 Å². The summed E-state index contributed by atoms with van der Waals surface area (Å²) >= 11 is 12.0. The zero-order chi connectivity index (χ0) is 13.8. The summed E-state index contributed by atoms with van der Waals surface area (Å²) in [5.41, 5.74) is 0.919. The van der Waals surface area contributed by atoms with Crippen LogP contribution >= 0.6 is 35.6 Å². The van der Waals surface area contributed by atoms with Gasteiger partial charge in [0.2, 0.25) is 5.89 Å². The van der Waals surface area contributed by atoms with Crippen molar-refractivity contribution in [3.05, 3.63) is 45.5 Å². The minimum Gasteiger partial charge on any atom is -0.339 e. The van der Waals surface area contributed by atoms with E-state index in [-0.39, 0.29) is 12.4 Å². The highest BCUT2D eigenvalue weighted by Crippen LogP contribution is 2.22. The van der Waals surface area contributed by atoms with Crippen molar-refractivity contribution in [3.8, 4) is 0 Å². The van der Waals surface area contributed by atoms with Crippen LogP contribution in [0.1, 0.15) is 24.2 Å². The standard InChI is InChI=1S/C13H15Cl2N3O.ClH/c1-8(16-2)5-12-17-13(19-18-12)6-9-3-4-10(14)7-11(9)15;/h3-4,7-8,16H,5-6H2,1-2H3;1H. The van der Waals surface area contributed by atoms with Gasteiger partial charge in [0.05, 0.1) is 6.42 Å². The van der Waals surface area contributed by atoms with Gasteiger partial charge in [0.25, 0.3) is 0 Å². The van der Waals surface area contributed by atoms with Gasteiger partial charge in [-0.3, -0.25) is 0 Å². The minimum atomic E-state index is 0. The molecule has 0 aliphatic carbocycles. The molecule has 0 fully saturated rings. The van der Waals surface area contributed by atoms with E-state index in [1.807, 2.05) is 13.1 Å². The third kappa shape index (κ3) is 4.63. The average molecular weight is 337 g/mol. The molecule has 0 spiro atoms. The molecule has 0 amide bonds. The predicted octanol–water partition coefficient (Wildman–Crippen LogP) is 3.54. The van der Waals surface area contributed by atoms with Crippen LogP contribution in [0.3, 0.4) is 0 Å². The summed E-state index contributed by atoms with van der Waals surface area (Å²) in [6, 6.07) is 5.68. The van der Waals surface area contributed by atoms with Crippen LogP contribution in [-0.4, -0.2) is 23.2 Å². The van der Waals surface area contributed by atoms with E-state index in [2.05, 4.69) is 22.4 Å². The first-order valence-electron chi connectivity index (χ1n) is 6.01. The van der Waals surface area contributed by atoms with Crippen LogP contribution in [0, 0.1) is 0 Å². The number of hydrogen-bond donors (Lipinski definition) is 1. The molecule has 0 bridgehead atoms. The van der Waals surface area contributed by atoms with E-state index in [4.69, 9.17) is 27.7 Å². The van der Waals surface area contributed by atoms with E-state index in [0.717, 1.165) is 12.0 Å². The molecular formula is C13H16Cl3N3O. The lowest BCUT2D eigenvalue weighted by Gasteiger charge is -2.04. The van der Waals surface area contributed by atoms with Gasteiger partial charge in [-0.05, 0) is 31.7 Å². The van der Waals surface area contributed by atoms with Crippen molar-refractivity contribution < 1.29 is 4.52 Å². The first-order chi connectivity index (χ1) is 9.08. The second kappa shape index (κ2) is 7.84. The maximum Gasteiger partial charge on any atom is 0.231 e. The molecule has 110 valence electrons. The zero-order valence-electron chi connectivity index (χ0n) is 11.2. The Balaban J connectivity index is 0.00000200. The normalized spacial score (nSPS) is 12.0. The average Bonchev–Trinajstić information content (AvgIpc) is 2.80. The van der Waals surface area contributed by atoms with E-state index in [1.165, 1.54) is 0 Å². The fourth-order valence-corrected chi connectivity index (χ4v) is 2.12. The van der Waals surface area contributed by atoms with Gasteiger partial charge in [0.15, 0.2) is 5.82 Å². The molecule has 7 heteroatoms. The second-order valence-electron chi connectivity index (χ2n) is 4.41.